The van der Waals surface area contributed by atoms with Gasteiger partial charge in [-0.15, -0.1) is 0 Å². The largest absolute Gasteiger partial charge is 0.385 e. The van der Waals surface area contributed by atoms with E-state index in [9.17, 15) is 0 Å². The number of pyridine rings is 1. The molecule has 1 atom stereocenters. The van der Waals surface area contributed by atoms with Gasteiger partial charge in [0.15, 0.2) is 10.6 Å². The summed E-state index contributed by atoms with van der Waals surface area (Å²) in [6.07, 6.45) is 4.39. The molecule has 0 bridgehead atoms. The Balaban J connectivity index is 2.36. The minimum absolute atomic E-state index is 0.236. The molecule has 0 saturated carbocycles. The molecule has 0 aliphatic carbocycles. The zero-order valence-corrected chi connectivity index (χ0v) is 11.3. The van der Waals surface area contributed by atoms with Crippen LogP contribution < -0.4 is 0 Å². The Kier molecular flexibility index (Phi) is 4.22. The van der Waals surface area contributed by atoms with Crippen molar-refractivity contribution < 1.29 is 4.74 Å². The predicted octanol–water partition coefficient (Wildman–Crippen LogP) is 2.60. The fourth-order valence-electron chi connectivity index (χ4n) is 1.84. The van der Waals surface area contributed by atoms with Crippen LogP contribution in [0, 0.1) is 4.77 Å². The van der Waals surface area contributed by atoms with E-state index in [1.807, 2.05) is 16.7 Å². The van der Waals surface area contributed by atoms with Crippen LogP contribution in [0.25, 0.3) is 11.4 Å². The SMILES string of the molecule is COCCC(C)n1c(-c2ccncc2)n[nH]c1=S. The first-order valence-electron chi connectivity index (χ1n) is 5.80. The summed E-state index contributed by atoms with van der Waals surface area (Å²) in [6.45, 7) is 2.80. The third-order valence-electron chi connectivity index (χ3n) is 2.82. The highest BCUT2D eigenvalue weighted by molar-refractivity contribution is 7.71. The molecule has 0 aromatic carbocycles. The molecule has 6 heteroatoms. The normalized spacial score (nSPS) is 12.6. The van der Waals surface area contributed by atoms with E-state index in [0.717, 1.165) is 17.8 Å². The highest BCUT2D eigenvalue weighted by Gasteiger charge is 2.14. The second-order valence-electron chi connectivity index (χ2n) is 4.09. The first kappa shape index (κ1) is 12.9. The molecule has 0 radical (unpaired) electrons. The van der Waals surface area contributed by atoms with Crippen LogP contribution in [0.2, 0.25) is 0 Å². The number of aromatic nitrogens is 4. The summed E-state index contributed by atoms with van der Waals surface area (Å²) in [6, 6.07) is 4.08. The summed E-state index contributed by atoms with van der Waals surface area (Å²) in [7, 11) is 1.70. The predicted molar refractivity (Wildman–Crippen MR) is 71.8 cm³/mol. The molecule has 18 heavy (non-hydrogen) atoms. The Morgan fingerprint density at radius 3 is 2.83 bits per heavy atom. The lowest BCUT2D eigenvalue weighted by Gasteiger charge is -2.15. The standard InChI is InChI=1S/C12H16N4OS/c1-9(5-8-17-2)16-11(14-15-12(16)18)10-3-6-13-7-4-10/h3-4,6-7,9H,5,8H2,1-2H3,(H,15,18). The van der Waals surface area contributed by atoms with E-state index in [-0.39, 0.29) is 6.04 Å². The maximum Gasteiger partial charge on any atom is 0.195 e. The number of hydrogen-bond donors (Lipinski definition) is 1. The molecule has 2 aromatic heterocycles. The minimum atomic E-state index is 0.236. The van der Waals surface area contributed by atoms with Crippen molar-refractivity contribution in [2.75, 3.05) is 13.7 Å². The van der Waals surface area contributed by atoms with Gasteiger partial charge in [0, 0.05) is 37.7 Å². The van der Waals surface area contributed by atoms with Crippen LogP contribution in [-0.2, 0) is 4.74 Å². The van der Waals surface area contributed by atoms with Gasteiger partial charge in [0.2, 0.25) is 0 Å². The Morgan fingerprint density at radius 2 is 2.17 bits per heavy atom. The highest BCUT2D eigenvalue weighted by Crippen LogP contribution is 2.22. The number of nitrogens with one attached hydrogen (secondary N) is 1. The van der Waals surface area contributed by atoms with Gasteiger partial charge in [-0.3, -0.25) is 14.6 Å². The van der Waals surface area contributed by atoms with Crippen molar-refractivity contribution in [2.45, 2.75) is 19.4 Å². The Morgan fingerprint density at radius 1 is 1.44 bits per heavy atom. The summed E-state index contributed by atoms with van der Waals surface area (Å²) in [5.41, 5.74) is 1.00. The molecule has 1 N–H and O–H groups in total. The number of aromatic amines is 1. The number of rotatable bonds is 5. The van der Waals surface area contributed by atoms with E-state index in [0.29, 0.717) is 11.4 Å². The zero-order chi connectivity index (χ0) is 13.0. The van der Waals surface area contributed by atoms with Crippen molar-refractivity contribution in [3.63, 3.8) is 0 Å². The van der Waals surface area contributed by atoms with Gasteiger partial charge in [0.1, 0.15) is 0 Å². The van der Waals surface area contributed by atoms with Crippen LogP contribution in [0.1, 0.15) is 19.4 Å². The monoisotopic (exact) mass is 264 g/mol. The highest BCUT2D eigenvalue weighted by atomic mass is 32.1. The molecule has 2 aromatic rings. The average Bonchev–Trinajstić information content (AvgIpc) is 2.79. The Labute approximate surface area is 111 Å². The quantitative estimate of drug-likeness (QED) is 0.843. The molecule has 1 unspecified atom stereocenters. The average molecular weight is 264 g/mol. The minimum Gasteiger partial charge on any atom is -0.385 e. The lowest BCUT2D eigenvalue weighted by Crippen LogP contribution is -2.09. The Hall–Kier alpha value is -1.53. The molecule has 0 saturated heterocycles. The van der Waals surface area contributed by atoms with Gasteiger partial charge < -0.3 is 4.74 Å². The molecule has 5 nitrogen and oxygen atoms in total. The molecule has 0 aliphatic heterocycles. The molecule has 96 valence electrons. The smallest absolute Gasteiger partial charge is 0.195 e. The van der Waals surface area contributed by atoms with Crippen molar-refractivity contribution >= 4 is 12.2 Å². The molecular formula is C12H16N4OS. The maximum atomic E-state index is 5.29. The van der Waals surface area contributed by atoms with E-state index >= 15 is 0 Å². The van der Waals surface area contributed by atoms with E-state index < -0.39 is 0 Å². The lowest BCUT2D eigenvalue weighted by atomic mass is 10.2. The van der Waals surface area contributed by atoms with Crippen LogP contribution in [0.4, 0.5) is 0 Å². The summed E-state index contributed by atoms with van der Waals surface area (Å²) < 4.78 is 7.76. The molecule has 0 fully saturated rings. The van der Waals surface area contributed by atoms with E-state index in [4.69, 9.17) is 17.0 Å². The first-order valence-corrected chi connectivity index (χ1v) is 6.21. The van der Waals surface area contributed by atoms with Crippen LogP contribution >= 0.6 is 12.2 Å². The molecule has 0 spiro atoms. The van der Waals surface area contributed by atoms with Gasteiger partial charge in [-0.1, -0.05) is 0 Å². The van der Waals surface area contributed by atoms with Crippen molar-refractivity contribution in [2.24, 2.45) is 0 Å². The van der Waals surface area contributed by atoms with Gasteiger partial charge in [-0.2, -0.15) is 5.10 Å². The molecular weight excluding hydrogens is 248 g/mol. The van der Waals surface area contributed by atoms with Gasteiger partial charge in [-0.05, 0) is 37.7 Å². The first-order chi connectivity index (χ1) is 8.74. The number of ether oxygens (including phenoxy) is 1. The van der Waals surface area contributed by atoms with Gasteiger partial charge in [-0.25, -0.2) is 0 Å². The Bertz CT molecular complexity index is 549. The van der Waals surface area contributed by atoms with E-state index in [1.54, 1.807) is 19.5 Å². The van der Waals surface area contributed by atoms with Crippen LogP contribution in [0.15, 0.2) is 24.5 Å². The summed E-state index contributed by atoms with van der Waals surface area (Å²) >= 11 is 5.29. The van der Waals surface area contributed by atoms with Crippen LogP contribution in [-0.4, -0.2) is 33.5 Å². The topological polar surface area (TPSA) is 55.7 Å². The third-order valence-corrected chi connectivity index (χ3v) is 3.11. The van der Waals surface area contributed by atoms with E-state index in [2.05, 4.69) is 22.1 Å². The number of H-pyrrole nitrogens is 1. The molecule has 2 rings (SSSR count). The van der Waals surface area contributed by atoms with Crippen molar-refractivity contribution in [1.29, 1.82) is 0 Å². The fourth-order valence-corrected chi connectivity index (χ4v) is 2.15. The van der Waals surface area contributed by atoms with Crippen LogP contribution in [0.3, 0.4) is 0 Å². The second-order valence-corrected chi connectivity index (χ2v) is 4.48. The number of hydrogen-bond acceptors (Lipinski definition) is 4. The van der Waals surface area contributed by atoms with Crippen molar-refractivity contribution in [3.8, 4) is 11.4 Å². The molecule has 2 heterocycles. The van der Waals surface area contributed by atoms with Gasteiger partial charge in [0.05, 0.1) is 0 Å². The van der Waals surface area contributed by atoms with Crippen molar-refractivity contribution in [1.82, 2.24) is 19.7 Å². The summed E-state index contributed by atoms with van der Waals surface area (Å²) in [5.74, 6) is 0.839. The lowest BCUT2D eigenvalue weighted by molar-refractivity contribution is 0.181. The summed E-state index contributed by atoms with van der Waals surface area (Å²) in [5, 5.41) is 7.14. The number of nitrogens with zero attached hydrogens (tertiary/aromatic N) is 3. The fraction of sp³-hybridized carbons (Fsp3) is 0.417. The van der Waals surface area contributed by atoms with Crippen LogP contribution in [0.5, 0.6) is 0 Å². The molecule has 0 amide bonds. The van der Waals surface area contributed by atoms with E-state index in [1.165, 1.54) is 0 Å². The zero-order valence-electron chi connectivity index (χ0n) is 10.5. The second kappa shape index (κ2) is 5.88. The molecule has 0 aliphatic rings. The third kappa shape index (κ3) is 2.65. The summed E-state index contributed by atoms with van der Waals surface area (Å²) in [4.78, 5) is 4.01. The number of methoxy groups -OCH3 is 1. The van der Waals surface area contributed by atoms with Gasteiger partial charge in [0.25, 0.3) is 0 Å². The van der Waals surface area contributed by atoms with Crippen molar-refractivity contribution in [3.05, 3.63) is 29.3 Å². The maximum absolute atomic E-state index is 5.29. The van der Waals surface area contributed by atoms with Gasteiger partial charge >= 0.3 is 0 Å².